The lowest BCUT2D eigenvalue weighted by Crippen LogP contribution is -2.33. The van der Waals surface area contributed by atoms with E-state index in [0.29, 0.717) is 22.0 Å². The Morgan fingerprint density at radius 3 is 2.60 bits per heavy atom. The molecule has 1 N–H and O–H groups in total. The van der Waals surface area contributed by atoms with Crippen LogP contribution < -0.4 is 10.1 Å². The number of ether oxygens (including phenoxy) is 1. The standard InChI is InChI=1S/C22H23ClN4O2S/c1-29-17-12-10-16(11-13-17)27-21(18-8-4-5-9-19(18)23)25-26-22(27)30-14-20(28)24-15-6-2-3-7-15/h4-5,8-13,15H,2-3,6-7,14H2,1H3,(H,24,28). The summed E-state index contributed by atoms with van der Waals surface area (Å²) in [4.78, 5) is 12.4. The minimum atomic E-state index is 0.0236. The van der Waals surface area contributed by atoms with Crippen LogP contribution in [0.2, 0.25) is 5.02 Å². The molecule has 1 saturated carbocycles. The maximum atomic E-state index is 12.4. The van der Waals surface area contributed by atoms with Gasteiger partial charge in [0.25, 0.3) is 0 Å². The molecule has 2 aromatic carbocycles. The fraction of sp³-hybridized carbons (Fsp3) is 0.318. The molecule has 1 amide bonds. The first-order valence-corrected chi connectivity index (χ1v) is 11.3. The van der Waals surface area contributed by atoms with Crippen LogP contribution in [0, 0.1) is 0 Å². The highest BCUT2D eigenvalue weighted by Crippen LogP contribution is 2.32. The van der Waals surface area contributed by atoms with Crippen molar-refractivity contribution in [3.8, 4) is 22.8 Å². The van der Waals surface area contributed by atoms with Gasteiger partial charge in [-0.3, -0.25) is 9.36 Å². The molecule has 0 saturated heterocycles. The zero-order chi connectivity index (χ0) is 20.9. The number of nitrogens with one attached hydrogen (secondary N) is 1. The molecule has 0 unspecified atom stereocenters. The highest BCUT2D eigenvalue weighted by atomic mass is 35.5. The highest BCUT2D eigenvalue weighted by molar-refractivity contribution is 7.99. The molecule has 6 nitrogen and oxygen atoms in total. The normalized spacial score (nSPS) is 14.1. The van der Waals surface area contributed by atoms with Crippen molar-refractivity contribution in [1.29, 1.82) is 0 Å². The minimum Gasteiger partial charge on any atom is -0.497 e. The van der Waals surface area contributed by atoms with E-state index in [1.54, 1.807) is 7.11 Å². The number of nitrogens with zero attached hydrogens (tertiary/aromatic N) is 3. The summed E-state index contributed by atoms with van der Waals surface area (Å²) < 4.78 is 7.20. The molecule has 30 heavy (non-hydrogen) atoms. The van der Waals surface area contributed by atoms with Gasteiger partial charge >= 0.3 is 0 Å². The maximum Gasteiger partial charge on any atom is 0.230 e. The van der Waals surface area contributed by atoms with E-state index in [0.717, 1.165) is 29.8 Å². The molecule has 3 aromatic rings. The first kappa shape index (κ1) is 20.8. The Morgan fingerprint density at radius 2 is 1.90 bits per heavy atom. The third kappa shape index (κ3) is 4.63. The Balaban J connectivity index is 1.62. The van der Waals surface area contributed by atoms with Gasteiger partial charge in [0, 0.05) is 17.3 Å². The Labute approximate surface area is 185 Å². The third-order valence-electron chi connectivity index (χ3n) is 5.13. The van der Waals surface area contributed by atoms with E-state index in [2.05, 4.69) is 15.5 Å². The lowest BCUT2D eigenvalue weighted by atomic mass is 10.2. The van der Waals surface area contributed by atoms with Gasteiger partial charge < -0.3 is 10.1 Å². The van der Waals surface area contributed by atoms with Crippen LogP contribution in [0.25, 0.3) is 17.1 Å². The predicted molar refractivity (Wildman–Crippen MR) is 119 cm³/mol. The van der Waals surface area contributed by atoms with Gasteiger partial charge in [0.1, 0.15) is 5.75 Å². The number of rotatable bonds is 7. The third-order valence-corrected chi connectivity index (χ3v) is 6.39. The van der Waals surface area contributed by atoms with Crippen molar-refractivity contribution in [2.24, 2.45) is 0 Å². The molecule has 0 atom stereocenters. The fourth-order valence-corrected chi connectivity index (χ4v) is 4.60. The SMILES string of the molecule is COc1ccc(-n2c(SCC(=O)NC3CCCC3)nnc2-c2ccccc2Cl)cc1. The number of hydrogen-bond acceptors (Lipinski definition) is 5. The van der Waals surface area contributed by atoms with Crippen LogP contribution >= 0.6 is 23.4 Å². The molecule has 1 fully saturated rings. The summed E-state index contributed by atoms with van der Waals surface area (Å²) in [5.41, 5.74) is 1.65. The summed E-state index contributed by atoms with van der Waals surface area (Å²) in [6.07, 6.45) is 4.50. The van der Waals surface area contributed by atoms with Gasteiger partial charge in [-0.1, -0.05) is 48.3 Å². The molecular weight excluding hydrogens is 420 g/mol. The van der Waals surface area contributed by atoms with Crippen LogP contribution in [0.15, 0.2) is 53.7 Å². The summed E-state index contributed by atoms with van der Waals surface area (Å²) >= 11 is 7.79. The number of hydrogen-bond donors (Lipinski definition) is 1. The molecule has 1 aliphatic carbocycles. The topological polar surface area (TPSA) is 69.0 Å². The van der Waals surface area contributed by atoms with Gasteiger partial charge in [0.15, 0.2) is 11.0 Å². The van der Waals surface area contributed by atoms with Crippen LogP contribution in [-0.4, -0.2) is 39.6 Å². The number of benzene rings is 2. The van der Waals surface area contributed by atoms with E-state index in [9.17, 15) is 4.79 Å². The van der Waals surface area contributed by atoms with Crippen LogP contribution in [-0.2, 0) is 4.79 Å². The molecule has 1 aromatic heterocycles. The van der Waals surface area contributed by atoms with Crippen LogP contribution in [0.1, 0.15) is 25.7 Å². The lowest BCUT2D eigenvalue weighted by Gasteiger charge is -2.13. The molecular formula is C22H23ClN4O2S. The molecule has 0 spiro atoms. The number of methoxy groups -OCH3 is 1. The van der Waals surface area contributed by atoms with E-state index >= 15 is 0 Å². The predicted octanol–water partition coefficient (Wildman–Crippen LogP) is 4.75. The van der Waals surface area contributed by atoms with E-state index in [1.165, 1.54) is 24.6 Å². The smallest absolute Gasteiger partial charge is 0.230 e. The zero-order valence-electron chi connectivity index (χ0n) is 16.7. The van der Waals surface area contributed by atoms with Crippen molar-refractivity contribution in [3.05, 3.63) is 53.6 Å². The number of halogens is 1. The van der Waals surface area contributed by atoms with Gasteiger partial charge in [0.2, 0.25) is 5.91 Å². The van der Waals surface area contributed by atoms with Crippen molar-refractivity contribution >= 4 is 29.3 Å². The maximum absolute atomic E-state index is 12.4. The molecule has 4 rings (SSSR count). The Morgan fingerprint density at radius 1 is 1.17 bits per heavy atom. The summed E-state index contributed by atoms with van der Waals surface area (Å²) in [5, 5.41) is 13.1. The fourth-order valence-electron chi connectivity index (χ4n) is 3.61. The Kier molecular flexibility index (Phi) is 6.59. The van der Waals surface area contributed by atoms with Crippen LogP contribution in [0.5, 0.6) is 5.75 Å². The first-order chi connectivity index (χ1) is 14.7. The minimum absolute atomic E-state index is 0.0236. The Bertz CT molecular complexity index is 1020. The zero-order valence-corrected chi connectivity index (χ0v) is 18.2. The van der Waals surface area contributed by atoms with Crippen molar-refractivity contribution in [1.82, 2.24) is 20.1 Å². The largest absolute Gasteiger partial charge is 0.497 e. The van der Waals surface area contributed by atoms with Crippen LogP contribution in [0.3, 0.4) is 0 Å². The monoisotopic (exact) mass is 442 g/mol. The van der Waals surface area contributed by atoms with E-state index in [4.69, 9.17) is 16.3 Å². The lowest BCUT2D eigenvalue weighted by molar-refractivity contribution is -0.119. The van der Waals surface area contributed by atoms with Gasteiger partial charge in [-0.25, -0.2) is 0 Å². The van der Waals surface area contributed by atoms with Crippen molar-refractivity contribution in [2.75, 3.05) is 12.9 Å². The summed E-state index contributed by atoms with van der Waals surface area (Å²) in [5.74, 6) is 1.70. The van der Waals surface area contributed by atoms with Crippen molar-refractivity contribution < 1.29 is 9.53 Å². The average molecular weight is 443 g/mol. The van der Waals surface area contributed by atoms with E-state index in [1.807, 2.05) is 53.1 Å². The second kappa shape index (κ2) is 9.53. The second-order valence-corrected chi connectivity index (χ2v) is 8.51. The van der Waals surface area contributed by atoms with Gasteiger partial charge in [-0.05, 0) is 49.2 Å². The number of carbonyl (C=O) groups excluding carboxylic acids is 1. The number of carbonyl (C=O) groups is 1. The van der Waals surface area contributed by atoms with Gasteiger partial charge in [-0.15, -0.1) is 10.2 Å². The number of thioether (sulfide) groups is 1. The number of aromatic nitrogens is 3. The molecule has 8 heteroatoms. The van der Waals surface area contributed by atoms with E-state index < -0.39 is 0 Å². The molecule has 0 aliphatic heterocycles. The van der Waals surface area contributed by atoms with Crippen LogP contribution in [0.4, 0.5) is 0 Å². The molecule has 1 aliphatic rings. The quantitative estimate of drug-likeness (QED) is 0.535. The molecule has 156 valence electrons. The van der Waals surface area contributed by atoms with Crippen molar-refractivity contribution in [3.63, 3.8) is 0 Å². The first-order valence-electron chi connectivity index (χ1n) is 9.92. The summed E-state index contributed by atoms with van der Waals surface area (Å²) in [7, 11) is 1.63. The van der Waals surface area contributed by atoms with E-state index in [-0.39, 0.29) is 11.7 Å². The molecule has 0 bridgehead atoms. The van der Waals surface area contributed by atoms with Gasteiger partial charge in [0.05, 0.1) is 17.9 Å². The molecule has 0 radical (unpaired) electrons. The summed E-state index contributed by atoms with van der Waals surface area (Å²) in [6, 6.07) is 15.5. The summed E-state index contributed by atoms with van der Waals surface area (Å²) in [6.45, 7) is 0. The second-order valence-electron chi connectivity index (χ2n) is 7.16. The van der Waals surface area contributed by atoms with Crippen molar-refractivity contribution in [2.45, 2.75) is 36.9 Å². The highest BCUT2D eigenvalue weighted by Gasteiger charge is 2.21. The van der Waals surface area contributed by atoms with Gasteiger partial charge in [-0.2, -0.15) is 0 Å². The molecule has 1 heterocycles. The number of amides is 1. The Hall–Kier alpha value is -2.51. The average Bonchev–Trinajstić information content (AvgIpc) is 3.42.